The summed E-state index contributed by atoms with van der Waals surface area (Å²) in [5.41, 5.74) is 1.08. The molecular formula is C16H27N5. The Kier molecular flexibility index (Phi) is 5.38. The summed E-state index contributed by atoms with van der Waals surface area (Å²) in [5, 5.41) is 11.8. The summed E-state index contributed by atoms with van der Waals surface area (Å²) in [4.78, 5) is 2.34. The summed E-state index contributed by atoms with van der Waals surface area (Å²) in [6.45, 7) is 10.8. The summed E-state index contributed by atoms with van der Waals surface area (Å²) in [5.74, 6) is 3.61. The minimum atomic E-state index is 0.0949. The van der Waals surface area contributed by atoms with Crippen LogP contribution in [0.25, 0.3) is 0 Å². The lowest BCUT2D eigenvalue weighted by Crippen LogP contribution is -2.35. The number of nitrogens with one attached hydrogen (secondary N) is 1. The Balaban J connectivity index is 1.76. The van der Waals surface area contributed by atoms with Crippen LogP contribution in [0, 0.1) is 18.3 Å². The van der Waals surface area contributed by atoms with Gasteiger partial charge in [0.1, 0.15) is 0 Å². The third-order valence-electron chi connectivity index (χ3n) is 3.56. The molecule has 21 heavy (non-hydrogen) atoms. The average Bonchev–Trinajstić information content (AvgIpc) is 3.10. The second-order valence-electron chi connectivity index (χ2n) is 6.96. The van der Waals surface area contributed by atoms with Gasteiger partial charge in [0, 0.05) is 31.4 Å². The summed E-state index contributed by atoms with van der Waals surface area (Å²) < 4.78 is 1.91. The van der Waals surface area contributed by atoms with Crippen molar-refractivity contribution in [2.45, 2.75) is 52.2 Å². The molecule has 0 spiro atoms. The summed E-state index contributed by atoms with van der Waals surface area (Å²) in [7, 11) is 0. The van der Waals surface area contributed by atoms with Gasteiger partial charge in [0.15, 0.2) is 0 Å². The molecule has 0 bridgehead atoms. The quantitative estimate of drug-likeness (QED) is 0.737. The smallest absolute Gasteiger partial charge is 0.0965 e. The van der Waals surface area contributed by atoms with Crippen molar-refractivity contribution >= 4 is 0 Å². The van der Waals surface area contributed by atoms with Crippen molar-refractivity contribution in [3.05, 3.63) is 11.9 Å². The van der Waals surface area contributed by atoms with Crippen LogP contribution in [0.4, 0.5) is 0 Å². The number of rotatable bonds is 8. The summed E-state index contributed by atoms with van der Waals surface area (Å²) >= 11 is 0. The monoisotopic (exact) mass is 289 g/mol. The van der Waals surface area contributed by atoms with Gasteiger partial charge in [0.25, 0.3) is 0 Å². The number of terminal acetylenes is 1. The Labute approximate surface area is 128 Å². The lowest BCUT2D eigenvalue weighted by Gasteiger charge is -2.19. The Morgan fingerprint density at radius 2 is 2.24 bits per heavy atom. The maximum Gasteiger partial charge on any atom is 0.0965 e. The van der Waals surface area contributed by atoms with E-state index in [0.717, 1.165) is 44.3 Å². The van der Waals surface area contributed by atoms with E-state index in [-0.39, 0.29) is 5.54 Å². The van der Waals surface area contributed by atoms with E-state index in [4.69, 9.17) is 6.42 Å². The van der Waals surface area contributed by atoms with E-state index in [1.165, 1.54) is 12.8 Å². The molecule has 1 aromatic rings. The van der Waals surface area contributed by atoms with E-state index in [2.05, 4.69) is 47.2 Å². The van der Waals surface area contributed by atoms with E-state index in [0.29, 0.717) is 0 Å². The van der Waals surface area contributed by atoms with Crippen LogP contribution >= 0.6 is 0 Å². The maximum absolute atomic E-state index is 5.44. The Bertz CT molecular complexity index is 476. The zero-order valence-corrected chi connectivity index (χ0v) is 13.5. The van der Waals surface area contributed by atoms with Gasteiger partial charge in [-0.3, -0.25) is 9.58 Å². The average molecular weight is 289 g/mol. The molecule has 1 aromatic heterocycles. The Morgan fingerprint density at radius 3 is 2.86 bits per heavy atom. The second kappa shape index (κ2) is 7.06. The maximum atomic E-state index is 5.44. The van der Waals surface area contributed by atoms with E-state index < -0.39 is 0 Å². The SMILES string of the molecule is C#CCN(CCn1cc(CNC(C)(C)C)nn1)CC1CC1. The van der Waals surface area contributed by atoms with Gasteiger partial charge in [-0.15, -0.1) is 11.5 Å². The highest BCUT2D eigenvalue weighted by Gasteiger charge is 2.23. The van der Waals surface area contributed by atoms with Gasteiger partial charge in [-0.2, -0.15) is 0 Å². The van der Waals surface area contributed by atoms with Crippen LogP contribution in [0.1, 0.15) is 39.3 Å². The van der Waals surface area contributed by atoms with Gasteiger partial charge >= 0.3 is 0 Å². The van der Waals surface area contributed by atoms with Crippen molar-refractivity contribution in [1.29, 1.82) is 0 Å². The van der Waals surface area contributed by atoms with Crippen LogP contribution in [0.3, 0.4) is 0 Å². The predicted molar refractivity (Wildman–Crippen MR) is 84.6 cm³/mol. The first kappa shape index (κ1) is 16.0. The number of nitrogens with zero attached hydrogens (tertiary/aromatic N) is 4. The first-order chi connectivity index (χ1) is 9.96. The zero-order valence-electron chi connectivity index (χ0n) is 13.5. The molecule has 1 aliphatic rings. The molecule has 0 unspecified atom stereocenters. The first-order valence-corrected chi connectivity index (χ1v) is 7.76. The van der Waals surface area contributed by atoms with Crippen LogP contribution in [0.5, 0.6) is 0 Å². The van der Waals surface area contributed by atoms with Crippen molar-refractivity contribution in [2.75, 3.05) is 19.6 Å². The van der Waals surface area contributed by atoms with Crippen molar-refractivity contribution in [1.82, 2.24) is 25.2 Å². The molecule has 0 atom stereocenters. The van der Waals surface area contributed by atoms with Gasteiger partial charge in [0.2, 0.25) is 0 Å². The van der Waals surface area contributed by atoms with E-state index in [1.807, 2.05) is 10.9 Å². The lowest BCUT2D eigenvalue weighted by atomic mass is 10.1. The van der Waals surface area contributed by atoms with Crippen LogP contribution in [0.2, 0.25) is 0 Å². The fourth-order valence-corrected chi connectivity index (χ4v) is 2.16. The fraction of sp³-hybridized carbons (Fsp3) is 0.750. The van der Waals surface area contributed by atoms with Crippen LogP contribution < -0.4 is 5.32 Å². The molecule has 1 heterocycles. The molecule has 1 saturated carbocycles. The molecule has 116 valence electrons. The molecule has 0 aliphatic heterocycles. The molecule has 0 amide bonds. The minimum Gasteiger partial charge on any atom is -0.306 e. The minimum absolute atomic E-state index is 0.0949. The van der Waals surface area contributed by atoms with E-state index in [1.54, 1.807) is 0 Å². The molecule has 1 aliphatic carbocycles. The zero-order chi connectivity index (χ0) is 15.3. The van der Waals surface area contributed by atoms with Gasteiger partial charge in [-0.05, 0) is 39.5 Å². The molecule has 5 heteroatoms. The fourth-order valence-electron chi connectivity index (χ4n) is 2.16. The Hall–Kier alpha value is -1.38. The van der Waals surface area contributed by atoms with Crippen LogP contribution in [0.15, 0.2) is 6.20 Å². The third-order valence-corrected chi connectivity index (χ3v) is 3.56. The topological polar surface area (TPSA) is 46.0 Å². The van der Waals surface area contributed by atoms with Crippen molar-refractivity contribution < 1.29 is 0 Å². The van der Waals surface area contributed by atoms with Crippen LogP contribution in [-0.4, -0.2) is 45.1 Å². The first-order valence-electron chi connectivity index (χ1n) is 7.76. The predicted octanol–water partition coefficient (Wildman–Crippen LogP) is 1.51. The normalized spacial score (nSPS) is 15.4. The van der Waals surface area contributed by atoms with Crippen molar-refractivity contribution in [3.63, 3.8) is 0 Å². The summed E-state index contributed by atoms with van der Waals surface area (Å²) in [6, 6.07) is 0. The highest BCUT2D eigenvalue weighted by atomic mass is 15.4. The van der Waals surface area contributed by atoms with Gasteiger partial charge in [0.05, 0.1) is 18.8 Å². The number of aromatic nitrogens is 3. The third kappa shape index (κ3) is 6.28. The highest BCUT2D eigenvalue weighted by molar-refractivity contribution is 4.94. The van der Waals surface area contributed by atoms with Gasteiger partial charge in [-0.25, -0.2) is 0 Å². The van der Waals surface area contributed by atoms with Crippen molar-refractivity contribution in [2.24, 2.45) is 5.92 Å². The van der Waals surface area contributed by atoms with Crippen LogP contribution in [-0.2, 0) is 13.1 Å². The molecule has 5 nitrogen and oxygen atoms in total. The summed E-state index contributed by atoms with van der Waals surface area (Å²) in [6.07, 6.45) is 10.2. The van der Waals surface area contributed by atoms with E-state index in [9.17, 15) is 0 Å². The lowest BCUT2D eigenvalue weighted by molar-refractivity contribution is 0.276. The van der Waals surface area contributed by atoms with Gasteiger partial charge < -0.3 is 5.32 Å². The molecule has 0 radical (unpaired) electrons. The molecular weight excluding hydrogens is 262 g/mol. The molecule has 2 rings (SSSR count). The van der Waals surface area contributed by atoms with Gasteiger partial charge in [-0.1, -0.05) is 11.1 Å². The molecule has 1 fully saturated rings. The van der Waals surface area contributed by atoms with E-state index >= 15 is 0 Å². The standard InChI is InChI=1S/C16H27N5/c1-5-8-20(12-14-6-7-14)9-10-21-13-15(18-19-21)11-17-16(2,3)4/h1,13-14,17H,6-12H2,2-4H3. The number of hydrogen-bond acceptors (Lipinski definition) is 4. The van der Waals surface area contributed by atoms with Crippen molar-refractivity contribution in [3.8, 4) is 12.3 Å². The second-order valence-corrected chi connectivity index (χ2v) is 6.96. The molecule has 0 aromatic carbocycles. The molecule has 0 saturated heterocycles. The molecule has 1 N–H and O–H groups in total. The highest BCUT2D eigenvalue weighted by Crippen LogP contribution is 2.29. The largest absolute Gasteiger partial charge is 0.306 e. The number of hydrogen-bond donors (Lipinski definition) is 1. The Morgan fingerprint density at radius 1 is 1.48 bits per heavy atom.